The van der Waals surface area contributed by atoms with Gasteiger partial charge >= 0.3 is 0 Å². The average molecular weight is 420 g/mol. The number of hydrogen-bond acceptors (Lipinski definition) is 14. The van der Waals surface area contributed by atoms with Crippen LogP contribution in [-0.2, 0) is 23.3 Å². The maximum absolute atomic E-state index is 10.6. The fraction of sp³-hybridized carbons (Fsp3) is 1.00. The second kappa shape index (κ2) is 8.61. The predicted octanol–water partition coefficient (Wildman–Crippen LogP) is -6.54. The summed E-state index contributed by atoms with van der Waals surface area (Å²) in [5.74, 6) is -2.38. The summed E-state index contributed by atoms with van der Waals surface area (Å²) in [6.45, 7) is -2.85. The monoisotopic (exact) mass is 420 g/mol. The Morgan fingerprint density at radius 2 is 1.59 bits per heavy atom. The van der Waals surface area contributed by atoms with Gasteiger partial charge in [-0.25, -0.2) is 0 Å². The number of rotatable bonds is 7. The van der Waals surface area contributed by atoms with Gasteiger partial charge in [-0.2, -0.15) is 0 Å². The number of ether oxygens (including phenoxy) is 3. The molecule has 0 radical (unpaired) electrons. The van der Waals surface area contributed by atoms with Crippen molar-refractivity contribution >= 4 is 7.82 Å². The maximum atomic E-state index is 10.6. The summed E-state index contributed by atoms with van der Waals surface area (Å²) in [7, 11) is -5.43. The zero-order valence-corrected chi connectivity index (χ0v) is 14.6. The van der Waals surface area contributed by atoms with Gasteiger partial charge in [0.15, 0.2) is 6.29 Å². The summed E-state index contributed by atoms with van der Waals surface area (Å²) < 4.78 is 29.9. The van der Waals surface area contributed by atoms with Crippen LogP contribution in [0.15, 0.2) is 0 Å². The summed E-state index contributed by atoms with van der Waals surface area (Å²) >= 11 is 0. The van der Waals surface area contributed by atoms with E-state index in [1.807, 2.05) is 0 Å². The Morgan fingerprint density at radius 3 is 2.07 bits per heavy atom. The Labute approximate surface area is 152 Å². The van der Waals surface area contributed by atoms with Crippen LogP contribution in [0.1, 0.15) is 0 Å². The van der Waals surface area contributed by atoms with Crippen molar-refractivity contribution in [1.29, 1.82) is 0 Å². The number of phosphoric ester groups is 1. The van der Waals surface area contributed by atoms with Gasteiger partial charge in [0.1, 0.15) is 49.3 Å². The molecule has 2 rings (SSSR count). The van der Waals surface area contributed by atoms with Gasteiger partial charge in [-0.15, -0.1) is 0 Å². The SMILES string of the molecule is O=P([O-])([O-])OC[C@H]1O[C@H](O[C@]2(CO)O[C@H](CO)[C@@H](O)[C@@H]2O)[C@H](O)[C@@H](O)[C@@H]1O. The summed E-state index contributed by atoms with van der Waals surface area (Å²) in [6.07, 6.45) is -14.3. The van der Waals surface area contributed by atoms with Gasteiger partial charge in [-0.1, -0.05) is 0 Å². The normalized spacial score (nSPS) is 46.0. The van der Waals surface area contributed by atoms with Crippen molar-refractivity contribution in [3.05, 3.63) is 0 Å². The fourth-order valence-corrected chi connectivity index (χ4v) is 3.11. The van der Waals surface area contributed by atoms with Gasteiger partial charge in [0, 0.05) is 0 Å². The maximum Gasteiger partial charge on any atom is 0.224 e. The molecule has 0 spiro atoms. The molecule has 0 saturated carbocycles. The van der Waals surface area contributed by atoms with E-state index in [9.17, 15) is 45.0 Å². The molecule has 0 aromatic heterocycles. The quantitative estimate of drug-likeness (QED) is 0.189. The number of hydrogen-bond donors (Lipinski definition) is 7. The molecular formula is C12H21O14P-2. The van der Waals surface area contributed by atoms with E-state index in [0.29, 0.717) is 0 Å². The molecule has 14 nitrogen and oxygen atoms in total. The largest absolute Gasteiger partial charge is 0.790 e. The summed E-state index contributed by atoms with van der Waals surface area (Å²) in [4.78, 5) is 21.1. The van der Waals surface area contributed by atoms with Crippen molar-refractivity contribution in [2.24, 2.45) is 0 Å². The van der Waals surface area contributed by atoms with Crippen LogP contribution in [0.4, 0.5) is 0 Å². The third kappa shape index (κ3) is 4.83. The zero-order valence-electron chi connectivity index (χ0n) is 13.7. The predicted molar refractivity (Wildman–Crippen MR) is 75.1 cm³/mol. The number of phosphoric acid groups is 1. The highest BCUT2D eigenvalue weighted by molar-refractivity contribution is 7.43. The minimum Gasteiger partial charge on any atom is -0.790 e. The second-order valence-electron chi connectivity index (χ2n) is 6.12. The molecule has 0 bridgehead atoms. The Kier molecular flexibility index (Phi) is 7.33. The lowest BCUT2D eigenvalue weighted by Gasteiger charge is -2.44. The van der Waals surface area contributed by atoms with Crippen molar-refractivity contribution in [1.82, 2.24) is 0 Å². The van der Waals surface area contributed by atoms with Gasteiger partial charge in [0.25, 0.3) is 0 Å². The summed E-state index contributed by atoms with van der Waals surface area (Å²) in [5, 5.41) is 68.2. The van der Waals surface area contributed by atoms with Crippen LogP contribution < -0.4 is 9.79 Å². The topological polar surface area (TPSA) is 242 Å². The van der Waals surface area contributed by atoms with Crippen LogP contribution in [-0.4, -0.2) is 110 Å². The van der Waals surface area contributed by atoms with E-state index < -0.39 is 82.4 Å². The minimum absolute atomic E-state index is 0.752. The minimum atomic E-state index is -5.43. The molecule has 0 amide bonds. The van der Waals surface area contributed by atoms with Gasteiger partial charge in [0.05, 0.1) is 21.0 Å². The van der Waals surface area contributed by atoms with E-state index in [4.69, 9.17) is 19.3 Å². The first-order chi connectivity index (χ1) is 12.5. The van der Waals surface area contributed by atoms with Crippen molar-refractivity contribution in [2.45, 2.75) is 54.8 Å². The molecule has 2 saturated heterocycles. The average Bonchev–Trinajstić information content (AvgIpc) is 2.85. The highest BCUT2D eigenvalue weighted by Gasteiger charge is 2.58. The van der Waals surface area contributed by atoms with Crippen molar-refractivity contribution in [2.75, 3.05) is 19.8 Å². The van der Waals surface area contributed by atoms with E-state index in [0.717, 1.165) is 0 Å². The van der Waals surface area contributed by atoms with E-state index in [2.05, 4.69) is 4.52 Å². The molecule has 0 aromatic carbocycles. The van der Waals surface area contributed by atoms with E-state index in [1.54, 1.807) is 0 Å². The molecule has 9 atom stereocenters. The van der Waals surface area contributed by atoms with E-state index in [-0.39, 0.29) is 0 Å². The smallest absolute Gasteiger partial charge is 0.224 e. The molecule has 2 aliphatic rings. The first kappa shape index (κ1) is 23.0. The lowest BCUT2D eigenvalue weighted by Crippen LogP contribution is -2.62. The third-order valence-corrected chi connectivity index (χ3v) is 4.75. The molecule has 0 aromatic rings. The van der Waals surface area contributed by atoms with Crippen molar-refractivity contribution in [3.63, 3.8) is 0 Å². The van der Waals surface area contributed by atoms with Gasteiger partial charge in [-0.05, 0) is 0 Å². The van der Waals surface area contributed by atoms with Crippen LogP contribution in [0.5, 0.6) is 0 Å². The van der Waals surface area contributed by atoms with E-state index in [1.165, 1.54) is 0 Å². The molecule has 0 unspecified atom stereocenters. The number of aliphatic hydroxyl groups excluding tert-OH is 7. The lowest BCUT2D eigenvalue weighted by molar-refractivity contribution is -0.386. The lowest BCUT2D eigenvalue weighted by atomic mass is 9.99. The van der Waals surface area contributed by atoms with Gasteiger partial charge < -0.3 is 68.8 Å². The van der Waals surface area contributed by atoms with Crippen LogP contribution in [0, 0.1) is 0 Å². The summed E-state index contributed by atoms with van der Waals surface area (Å²) in [5.41, 5.74) is 0. The molecule has 2 aliphatic heterocycles. The molecule has 160 valence electrons. The first-order valence-electron chi connectivity index (χ1n) is 7.75. The van der Waals surface area contributed by atoms with E-state index >= 15 is 0 Å². The van der Waals surface area contributed by atoms with Crippen LogP contribution in [0.25, 0.3) is 0 Å². The molecule has 15 heteroatoms. The van der Waals surface area contributed by atoms with Crippen LogP contribution >= 0.6 is 7.82 Å². The highest BCUT2D eigenvalue weighted by Crippen LogP contribution is 2.36. The van der Waals surface area contributed by atoms with Crippen LogP contribution in [0.2, 0.25) is 0 Å². The fourth-order valence-electron chi connectivity index (χ4n) is 2.78. The van der Waals surface area contributed by atoms with Gasteiger partial charge in [0.2, 0.25) is 5.79 Å². The summed E-state index contributed by atoms with van der Waals surface area (Å²) in [6, 6.07) is 0. The standard InChI is InChI=1S/C12H23O14P/c13-1-4-7(16)10(19)12(3-14,25-4)26-11-9(18)8(17)6(15)5(24-11)2-23-27(20,21)22/h4-11,13-19H,1-3H2,(H2,20,21,22)/p-2/t4-,5-,6-,7-,8+,9-,10+,11-,12+/m1/s1. The number of aliphatic hydroxyl groups is 7. The zero-order chi connectivity index (χ0) is 20.6. The first-order valence-corrected chi connectivity index (χ1v) is 9.21. The molecular weight excluding hydrogens is 399 g/mol. The molecule has 7 N–H and O–H groups in total. The molecule has 2 fully saturated rings. The Bertz CT molecular complexity index is 542. The van der Waals surface area contributed by atoms with Crippen molar-refractivity contribution in [3.8, 4) is 0 Å². The Balaban J connectivity index is 2.16. The Hall–Kier alpha value is -0.290. The molecule has 0 aliphatic carbocycles. The van der Waals surface area contributed by atoms with Crippen molar-refractivity contribution < 1.29 is 68.8 Å². The highest BCUT2D eigenvalue weighted by atomic mass is 31.2. The third-order valence-electron chi connectivity index (χ3n) is 4.29. The molecule has 27 heavy (non-hydrogen) atoms. The van der Waals surface area contributed by atoms with Gasteiger partial charge in [-0.3, -0.25) is 0 Å². The Morgan fingerprint density at radius 1 is 0.963 bits per heavy atom. The van der Waals surface area contributed by atoms with Crippen LogP contribution in [0.3, 0.4) is 0 Å². The molecule has 2 heterocycles. The second-order valence-corrected chi connectivity index (χ2v) is 7.27.